The quantitative estimate of drug-likeness (QED) is 0.761. The third-order valence-electron chi connectivity index (χ3n) is 3.56. The minimum atomic E-state index is -0.0937. The van der Waals surface area contributed by atoms with Gasteiger partial charge in [0.15, 0.2) is 0 Å². The Kier molecular flexibility index (Phi) is 6.61. The van der Waals surface area contributed by atoms with E-state index < -0.39 is 0 Å². The molecule has 1 aromatic heterocycles. The van der Waals surface area contributed by atoms with E-state index in [9.17, 15) is 4.79 Å². The Morgan fingerprint density at radius 3 is 2.56 bits per heavy atom. The van der Waals surface area contributed by atoms with Crippen LogP contribution in [-0.2, 0) is 14.9 Å². The molecule has 0 aliphatic heterocycles. The molecule has 25 heavy (non-hydrogen) atoms. The number of amides is 1. The molecule has 0 spiro atoms. The molecule has 7 heteroatoms. The van der Waals surface area contributed by atoms with Gasteiger partial charge in [-0.05, 0) is 30.0 Å². The Labute approximate surface area is 152 Å². The molecule has 136 valence electrons. The molecule has 2 rings (SSSR count). The van der Waals surface area contributed by atoms with Crippen molar-refractivity contribution in [1.29, 1.82) is 0 Å². The van der Waals surface area contributed by atoms with Crippen molar-refractivity contribution in [2.45, 2.75) is 44.4 Å². The predicted molar refractivity (Wildman–Crippen MR) is 98.6 cm³/mol. The summed E-state index contributed by atoms with van der Waals surface area (Å²) < 4.78 is 10.6. The summed E-state index contributed by atoms with van der Waals surface area (Å²) in [5.41, 5.74) is 2.21. The SMILES string of the molecule is COCC(C)NC(=O)CSc1nnc(-c2ccc(C(C)(C)C)cc2)o1. The standard InChI is InChI=1S/C18H25N3O3S/c1-12(10-23-5)19-15(22)11-25-17-21-20-16(24-17)13-6-8-14(9-7-13)18(2,3)4/h6-9,12H,10-11H2,1-5H3,(H,19,22). The normalized spacial score (nSPS) is 12.8. The largest absolute Gasteiger partial charge is 0.411 e. The van der Waals surface area contributed by atoms with Crippen molar-refractivity contribution < 1.29 is 13.9 Å². The summed E-state index contributed by atoms with van der Waals surface area (Å²) in [7, 11) is 1.60. The molecule has 1 amide bonds. The van der Waals surface area contributed by atoms with E-state index in [1.54, 1.807) is 7.11 Å². The number of methoxy groups -OCH3 is 1. The van der Waals surface area contributed by atoms with Crippen molar-refractivity contribution in [3.63, 3.8) is 0 Å². The van der Waals surface area contributed by atoms with Crippen molar-refractivity contribution in [1.82, 2.24) is 15.5 Å². The molecule has 0 fully saturated rings. The van der Waals surface area contributed by atoms with Gasteiger partial charge < -0.3 is 14.5 Å². The van der Waals surface area contributed by atoms with Gasteiger partial charge in [0.1, 0.15) is 0 Å². The first-order valence-electron chi connectivity index (χ1n) is 8.15. The number of carbonyl (C=O) groups excluding carboxylic acids is 1. The second-order valence-electron chi connectivity index (χ2n) is 6.91. The average molecular weight is 363 g/mol. The smallest absolute Gasteiger partial charge is 0.277 e. The van der Waals surface area contributed by atoms with E-state index in [4.69, 9.17) is 9.15 Å². The zero-order valence-corrected chi connectivity index (χ0v) is 16.1. The summed E-state index contributed by atoms with van der Waals surface area (Å²) in [4.78, 5) is 11.8. The van der Waals surface area contributed by atoms with Crippen molar-refractivity contribution in [3.8, 4) is 11.5 Å². The molecule has 0 aliphatic carbocycles. The van der Waals surface area contributed by atoms with E-state index in [1.165, 1.54) is 17.3 Å². The van der Waals surface area contributed by atoms with Crippen LogP contribution >= 0.6 is 11.8 Å². The molecule has 0 saturated carbocycles. The third kappa shape index (κ3) is 5.86. The first-order valence-corrected chi connectivity index (χ1v) is 9.13. The maximum absolute atomic E-state index is 11.8. The Hall–Kier alpha value is -1.86. The van der Waals surface area contributed by atoms with Crippen LogP contribution in [-0.4, -0.2) is 41.6 Å². The van der Waals surface area contributed by atoms with Gasteiger partial charge in [0.2, 0.25) is 11.8 Å². The van der Waals surface area contributed by atoms with Crippen LogP contribution in [0.15, 0.2) is 33.9 Å². The molecule has 1 atom stereocenters. The van der Waals surface area contributed by atoms with Crippen LogP contribution in [0.4, 0.5) is 0 Å². The summed E-state index contributed by atoms with van der Waals surface area (Å²) in [5, 5.41) is 11.3. The fourth-order valence-electron chi connectivity index (χ4n) is 2.23. The minimum Gasteiger partial charge on any atom is -0.411 e. The number of hydrogen-bond donors (Lipinski definition) is 1. The molecular formula is C18H25N3O3S. The van der Waals surface area contributed by atoms with Crippen molar-refractivity contribution in [2.24, 2.45) is 0 Å². The number of benzene rings is 1. The van der Waals surface area contributed by atoms with E-state index in [0.717, 1.165) is 5.56 Å². The fourth-order valence-corrected chi connectivity index (χ4v) is 2.81. The summed E-state index contributed by atoms with van der Waals surface area (Å²) in [6.45, 7) is 8.87. The van der Waals surface area contributed by atoms with E-state index in [1.807, 2.05) is 19.1 Å². The van der Waals surface area contributed by atoms with Crippen molar-refractivity contribution in [3.05, 3.63) is 29.8 Å². The molecule has 1 heterocycles. The van der Waals surface area contributed by atoms with Gasteiger partial charge in [-0.25, -0.2) is 0 Å². The molecular weight excluding hydrogens is 338 g/mol. The lowest BCUT2D eigenvalue weighted by Gasteiger charge is -2.18. The highest BCUT2D eigenvalue weighted by molar-refractivity contribution is 7.99. The van der Waals surface area contributed by atoms with Crippen LogP contribution < -0.4 is 5.32 Å². The van der Waals surface area contributed by atoms with Gasteiger partial charge in [-0.2, -0.15) is 0 Å². The van der Waals surface area contributed by atoms with Crippen LogP contribution in [0.1, 0.15) is 33.3 Å². The number of hydrogen-bond acceptors (Lipinski definition) is 6. The zero-order valence-electron chi connectivity index (χ0n) is 15.3. The Morgan fingerprint density at radius 2 is 1.96 bits per heavy atom. The van der Waals surface area contributed by atoms with E-state index in [0.29, 0.717) is 17.7 Å². The van der Waals surface area contributed by atoms with Crippen LogP contribution in [0.25, 0.3) is 11.5 Å². The zero-order chi connectivity index (χ0) is 18.4. The maximum atomic E-state index is 11.8. The monoisotopic (exact) mass is 363 g/mol. The second-order valence-corrected chi connectivity index (χ2v) is 7.84. The number of aromatic nitrogens is 2. The lowest BCUT2D eigenvalue weighted by Crippen LogP contribution is -2.36. The van der Waals surface area contributed by atoms with Gasteiger partial charge >= 0.3 is 0 Å². The second kappa shape index (κ2) is 8.49. The molecule has 1 N–H and O–H groups in total. The van der Waals surface area contributed by atoms with Crippen molar-refractivity contribution >= 4 is 17.7 Å². The average Bonchev–Trinajstić information content (AvgIpc) is 3.01. The van der Waals surface area contributed by atoms with Crippen LogP contribution in [0.2, 0.25) is 0 Å². The minimum absolute atomic E-state index is 0.0299. The summed E-state index contributed by atoms with van der Waals surface area (Å²) in [5.74, 6) is 0.582. The Balaban J connectivity index is 1.93. The number of rotatable bonds is 7. The van der Waals surface area contributed by atoms with Gasteiger partial charge in [0.25, 0.3) is 5.22 Å². The molecule has 2 aromatic rings. The lowest BCUT2D eigenvalue weighted by molar-refractivity contribution is -0.119. The van der Waals surface area contributed by atoms with Crippen LogP contribution in [0, 0.1) is 0 Å². The molecule has 1 unspecified atom stereocenters. The number of ether oxygens (including phenoxy) is 1. The highest BCUT2D eigenvalue weighted by atomic mass is 32.2. The molecule has 0 bridgehead atoms. The summed E-state index contributed by atoms with van der Waals surface area (Å²) in [6.07, 6.45) is 0. The topological polar surface area (TPSA) is 77.2 Å². The molecule has 6 nitrogen and oxygen atoms in total. The van der Waals surface area contributed by atoms with Gasteiger partial charge in [-0.1, -0.05) is 44.7 Å². The van der Waals surface area contributed by atoms with E-state index in [2.05, 4.69) is 48.4 Å². The lowest BCUT2D eigenvalue weighted by atomic mass is 9.87. The summed E-state index contributed by atoms with van der Waals surface area (Å²) in [6, 6.07) is 8.05. The van der Waals surface area contributed by atoms with Gasteiger partial charge in [0, 0.05) is 18.7 Å². The number of thioether (sulfide) groups is 1. The van der Waals surface area contributed by atoms with E-state index >= 15 is 0 Å². The summed E-state index contributed by atoms with van der Waals surface area (Å²) >= 11 is 1.22. The molecule has 0 radical (unpaired) electrons. The van der Waals surface area contributed by atoms with Gasteiger partial charge in [-0.15, -0.1) is 10.2 Å². The number of nitrogens with one attached hydrogen (secondary N) is 1. The highest BCUT2D eigenvalue weighted by Crippen LogP contribution is 2.27. The molecule has 1 aromatic carbocycles. The highest BCUT2D eigenvalue weighted by Gasteiger charge is 2.15. The van der Waals surface area contributed by atoms with Gasteiger partial charge in [0.05, 0.1) is 12.4 Å². The fraction of sp³-hybridized carbons (Fsp3) is 0.500. The number of carbonyl (C=O) groups is 1. The first-order chi connectivity index (χ1) is 11.8. The third-order valence-corrected chi connectivity index (χ3v) is 4.37. The van der Waals surface area contributed by atoms with Gasteiger partial charge in [-0.3, -0.25) is 4.79 Å². The maximum Gasteiger partial charge on any atom is 0.277 e. The first kappa shape index (κ1) is 19.5. The Bertz CT molecular complexity index is 692. The molecule has 0 saturated heterocycles. The van der Waals surface area contributed by atoms with Crippen LogP contribution in [0.3, 0.4) is 0 Å². The number of nitrogens with zero attached hydrogens (tertiary/aromatic N) is 2. The van der Waals surface area contributed by atoms with E-state index in [-0.39, 0.29) is 23.1 Å². The van der Waals surface area contributed by atoms with Crippen LogP contribution in [0.5, 0.6) is 0 Å². The Morgan fingerprint density at radius 1 is 1.28 bits per heavy atom. The molecule has 0 aliphatic rings. The predicted octanol–water partition coefficient (Wildman–Crippen LogP) is 3.28. The van der Waals surface area contributed by atoms with Crippen molar-refractivity contribution in [2.75, 3.05) is 19.5 Å².